The maximum absolute atomic E-state index is 11.7. The second-order valence-electron chi connectivity index (χ2n) is 2.87. The van der Waals surface area contributed by atoms with Crippen LogP contribution in [0, 0.1) is 0 Å². The molecule has 1 rings (SSSR count). The van der Waals surface area contributed by atoms with Gasteiger partial charge in [-0.2, -0.15) is 18.3 Å². The first kappa shape index (κ1) is 11.7. The minimum Gasteiger partial charge on any atom is -0.364 e. The summed E-state index contributed by atoms with van der Waals surface area (Å²) in [7, 11) is 1.52. The molecule has 7 heteroatoms. The molecule has 0 aliphatic carbocycles. The summed E-state index contributed by atoms with van der Waals surface area (Å²) < 4.78 is 40.5. The molecule has 0 N–H and O–H groups in total. The van der Waals surface area contributed by atoms with Crippen LogP contribution in [-0.4, -0.2) is 35.0 Å². The van der Waals surface area contributed by atoms with E-state index in [1.807, 2.05) is 0 Å². The van der Waals surface area contributed by atoms with E-state index in [1.165, 1.54) is 24.0 Å². The molecule has 4 nitrogen and oxygen atoms in total. The Hall–Kier alpha value is -1.37. The van der Waals surface area contributed by atoms with Gasteiger partial charge in [0.2, 0.25) is 5.78 Å². The van der Waals surface area contributed by atoms with Crippen LogP contribution in [-0.2, 0) is 11.8 Å². The topological polar surface area (TPSA) is 44.1 Å². The first-order chi connectivity index (χ1) is 6.90. The fraction of sp³-hybridized carbons (Fsp3) is 0.500. The highest BCUT2D eigenvalue weighted by atomic mass is 19.4. The second kappa shape index (κ2) is 4.43. The molecule has 0 spiro atoms. The van der Waals surface area contributed by atoms with Gasteiger partial charge in [-0.1, -0.05) is 0 Å². The number of ketones is 1. The summed E-state index contributed by atoms with van der Waals surface area (Å²) in [6, 6.07) is 1.42. The minimum absolute atomic E-state index is 0.220. The van der Waals surface area contributed by atoms with Crippen LogP contribution in [0.25, 0.3) is 0 Å². The van der Waals surface area contributed by atoms with Gasteiger partial charge in [-0.3, -0.25) is 9.48 Å². The average Bonchev–Trinajstić information content (AvgIpc) is 2.48. The van der Waals surface area contributed by atoms with Gasteiger partial charge in [0, 0.05) is 13.2 Å². The molecule has 0 atom stereocenters. The lowest BCUT2D eigenvalue weighted by atomic mass is 10.3. The van der Waals surface area contributed by atoms with Gasteiger partial charge in [0.15, 0.2) is 0 Å². The maximum atomic E-state index is 11.7. The molecule has 15 heavy (non-hydrogen) atoms. The monoisotopic (exact) mass is 222 g/mol. The molecule has 0 aromatic carbocycles. The quantitative estimate of drug-likeness (QED) is 0.718. The molecular formula is C8H9F3N2O2. The van der Waals surface area contributed by atoms with E-state index in [2.05, 4.69) is 9.84 Å². The third-order valence-electron chi connectivity index (χ3n) is 1.61. The Morgan fingerprint density at radius 2 is 2.27 bits per heavy atom. The summed E-state index contributed by atoms with van der Waals surface area (Å²) in [6.45, 7) is -2.02. The van der Waals surface area contributed by atoms with E-state index in [-0.39, 0.29) is 5.69 Å². The molecular weight excluding hydrogens is 213 g/mol. The SMILES string of the molecule is Cn1nccc1C(=O)COCC(F)(F)F. The summed E-state index contributed by atoms with van der Waals surface area (Å²) in [5.41, 5.74) is 0.220. The first-order valence-electron chi connectivity index (χ1n) is 4.06. The van der Waals surface area contributed by atoms with Crippen molar-refractivity contribution in [1.82, 2.24) is 9.78 Å². The van der Waals surface area contributed by atoms with Crippen LogP contribution < -0.4 is 0 Å². The minimum atomic E-state index is -4.41. The van der Waals surface area contributed by atoms with E-state index in [4.69, 9.17) is 0 Å². The van der Waals surface area contributed by atoms with E-state index in [9.17, 15) is 18.0 Å². The molecule has 0 aliphatic rings. The number of hydrogen-bond donors (Lipinski definition) is 0. The number of Topliss-reactive ketones (excluding diaryl/α,β-unsaturated/α-hetero) is 1. The summed E-state index contributed by atoms with van der Waals surface area (Å²) in [4.78, 5) is 11.3. The van der Waals surface area contributed by atoms with Crippen molar-refractivity contribution in [3.8, 4) is 0 Å². The number of ether oxygens (including phenoxy) is 1. The van der Waals surface area contributed by atoms with Crippen molar-refractivity contribution in [1.29, 1.82) is 0 Å². The summed E-state index contributed by atoms with van der Waals surface area (Å²) >= 11 is 0. The van der Waals surface area contributed by atoms with E-state index in [0.29, 0.717) is 0 Å². The highest BCUT2D eigenvalue weighted by molar-refractivity contribution is 5.95. The van der Waals surface area contributed by atoms with Gasteiger partial charge < -0.3 is 4.74 Å². The highest BCUT2D eigenvalue weighted by Gasteiger charge is 2.28. The molecule has 0 saturated heterocycles. The van der Waals surface area contributed by atoms with Crippen molar-refractivity contribution in [3.05, 3.63) is 18.0 Å². The fourth-order valence-corrected chi connectivity index (χ4v) is 0.981. The van der Waals surface area contributed by atoms with Crippen LogP contribution in [0.4, 0.5) is 13.2 Å². The Morgan fingerprint density at radius 1 is 1.60 bits per heavy atom. The summed E-state index contributed by atoms with van der Waals surface area (Å²) in [5.74, 6) is -0.528. The third-order valence-corrected chi connectivity index (χ3v) is 1.61. The van der Waals surface area contributed by atoms with Gasteiger partial charge in [-0.25, -0.2) is 0 Å². The highest BCUT2D eigenvalue weighted by Crippen LogP contribution is 2.14. The molecule has 1 heterocycles. The lowest BCUT2D eigenvalue weighted by Gasteiger charge is -2.06. The molecule has 1 aromatic rings. The van der Waals surface area contributed by atoms with Crippen molar-refractivity contribution < 1.29 is 22.7 Å². The molecule has 0 bridgehead atoms. The van der Waals surface area contributed by atoms with E-state index >= 15 is 0 Å². The number of halogens is 3. The Labute approximate surface area is 83.6 Å². The lowest BCUT2D eigenvalue weighted by molar-refractivity contribution is -0.170. The lowest BCUT2D eigenvalue weighted by Crippen LogP contribution is -2.21. The molecule has 1 aromatic heterocycles. The smallest absolute Gasteiger partial charge is 0.364 e. The first-order valence-corrected chi connectivity index (χ1v) is 4.06. The van der Waals surface area contributed by atoms with Gasteiger partial charge >= 0.3 is 6.18 Å². The molecule has 0 radical (unpaired) electrons. The average molecular weight is 222 g/mol. The van der Waals surface area contributed by atoms with E-state index in [0.717, 1.165) is 0 Å². The van der Waals surface area contributed by atoms with Gasteiger partial charge in [0.25, 0.3) is 0 Å². The predicted octanol–water partition coefficient (Wildman–Crippen LogP) is 1.18. The van der Waals surface area contributed by atoms with Crippen LogP contribution in [0.3, 0.4) is 0 Å². The molecule has 0 fully saturated rings. The van der Waals surface area contributed by atoms with Gasteiger partial charge in [0.1, 0.15) is 18.9 Å². The number of aryl methyl sites for hydroxylation is 1. The molecule has 0 amide bonds. The maximum Gasteiger partial charge on any atom is 0.411 e. The Balaban J connectivity index is 2.41. The molecule has 0 saturated carbocycles. The number of nitrogens with zero attached hydrogens (tertiary/aromatic N) is 2. The number of rotatable bonds is 4. The van der Waals surface area contributed by atoms with Crippen molar-refractivity contribution in [2.24, 2.45) is 7.05 Å². The molecule has 0 unspecified atom stereocenters. The number of aromatic nitrogens is 2. The normalized spacial score (nSPS) is 11.7. The Bertz CT molecular complexity index is 346. The number of carbonyl (C=O) groups is 1. The molecule has 0 aliphatic heterocycles. The Kier molecular flexibility index (Phi) is 3.46. The zero-order valence-electron chi connectivity index (χ0n) is 7.91. The van der Waals surface area contributed by atoms with Gasteiger partial charge in [-0.05, 0) is 6.07 Å². The van der Waals surface area contributed by atoms with Crippen LogP contribution in [0.15, 0.2) is 12.3 Å². The van der Waals surface area contributed by atoms with Crippen molar-refractivity contribution >= 4 is 5.78 Å². The zero-order valence-corrected chi connectivity index (χ0v) is 7.91. The number of hydrogen-bond acceptors (Lipinski definition) is 3. The zero-order chi connectivity index (χ0) is 11.5. The van der Waals surface area contributed by atoms with Gasteiger partial charge in [0.05, 0.1) is 0 Å². The number of alkyl halides is 3. The van der Waals surface area contributed by atoms with E-state index in [1.54, 1.807) is 0 Å². The Morgan fingerprint density at radius 3 is 2.73 bits per heavy atom. The molecule has 84 valence electrons. The van der Waals surface area contributed by atoms with Crippen LogP contribution in [0.1, 0.15) is 10.5 Å². The van der Waals surface area contributed by atoms with Crippen molar-refractivity contribution in [2.45, 2.75) is 6.18 Å². The predicted molar refractivity (Wildman–Crippen MR) is 44.4 cm³/mol. The third kappa shape index (κ3) is 3.70. The van der Waals surface area contributed by atoms with E-state index < -0.39 is 25.2 Å². The standard InChI is InChI=1S/C8H9F3N2O2/c1-13-6(2-3-12-13)7(14)4-15-5-8(9,10)11/h2-3H,4-5H2,1H3. The fourth-order valence-electron chi connectivity index (χ4n) is 0.981. The van der Waals surface area contributed by atoms with Crippen molar-refractivity contribution in [3.63, 3.8) is 0 Å². The second-order valence-corrected chi connectivity index (χ2v) is 2.87. The largest absolute Gasteiger partial charge is 0.411 e. The summed E-state index contributed by atoms with van der Waals surface area (Å²) in [5, 5.41) is 3.71. The number of carbonyl (C=O) groups excluding carboxylic acids is 1. The van der Waals surface area contributed by atoms with Crippen LogP contribution >= 0.6 is 0 Å². The van der Waals surface area contributed by atoms with Gasteiger partial charge in [-0.15, -0.1) is 0 Å². The van der Waals surface area contributed by atoms with Crippen LogP contribution in [0.2, 0.25) is 0 Å². The summed E-state index contributed by atoms with van der Waals surface area (Å²) in [6.07, 6.45) is -3.02. The van der Waals surface area contributed by atoms with Crippen molar-refractivity contribution in [2.75, 3.05) is 13.2 Å². The van der Waals surface area contributed by atoms with Crippen LogP contribution in [0.5, 0.6) is 0 Å².